The number of sulfone groups is 1. The molecule has 2 aromatic heterocycles. The van der Waals surface area contributed by atoms with Crippen LogP contribution in [0.5, 0.6) is 5.75 Å². The van der Waals surface area contributed by atoms with E-state index in [0.29, 0.717) is 53.9 Å². The van der Waals surface area contributed by atoms with Crippen molar-refractivity contribution in [3.05, 3.63) is 110 Å². The number of nitrogens with zero attached hydrogens (tertiary/aromatic N) is 6. The molecule has 0 spiro atoms. The van der Waals surface area contributed by atoms with Gasteiger partial charge in [0.15, 0.2) is 33.9 Å². The summed E-state index contributed by atoms with van der Waals surface area (Å²) in [7, 11) is -2.02. The van der Waals surface area contributed by atoms with Gasteiger partial charge in [-0.1, -0.05) is 24.9 Å². The number of aryl methyl sites for hydroxylation is 1. The third-order valence-electron chi connectivity index (χ3n) is 12.4. The number of halogens is 1. The average Bonchev–Trinajstić information content (AvgIpc) is 4.11. The van der Waals surface area contributed by atoms with Crippen LogP contribution in [0.3, 0.4) is 0 Å². The standard InChI is InChI=1S/C19H15FN2O4.C16H17N3O5S.C13H15N3O3/c1-2-7-21-15-9-14(13(20)8-16(15)26-10-17(21)23)22-18(24)11-5-3-4-6-12(11)19(22)25;1-9-10(15(20)11-8-17-19(2)16(11)21)4-5-13(25(3,22)23)14(9)12-6-7-24-18-12;1-7(2)13(3)12(19)15-10(16-13)9-8(11(17)18)5-4-6-14-9/h1,8-9H,3-7,10H2;4-5,8,17H,6-7H2,1-3H3;4-7H,1-3H3,(H,17,18)(H,15,16,19). The first-order valence-electron chi connectivity index (χ1n) is 21.8. The van der Waals surface area contributed by atoms with Gasteiger partial charge in [-0.05, 0) is 81.3 Å². The van der Waals surface area contributed by atoms with Crippen LogP contribution in [0.15, 0.2) is 79.8 Å². The van der Waals surface area contributed by atoms with Crippen LogP contribution in [-0.4, -0.2) is 107 Å². The zero-order chi connectivity index (χ0) is 51.0. The predicted octanol–water partition coefficient (Wildman–Crippen LogP) is 3.78. The summed E-state index contributed by atoms with van der Waals surface area (Å²) in [6.45, 7) is 7.25. The number of carboxylic acid groups (broad SMARTS) is 1. The first kappa shape index (κ1) is 49.8. The van der Waals surface area contributed by atoms with E-state index in [4.69, 9.17) is 21.1 Å². The third-order valence-corrected chi connectivity index (χ3v) is 13.6. The van der Waals surface area contributed by atoms with Crippen molar-refractivity contribution in [2.45, 2.75) is 70.2 Å². The smallest absolute Gasteiger partial charge is 0.338 e. The minimum absolute atomic E-state index is 0.00184. The molecule has 5 aliphatic rings. The number of hydrogen-bond acceptors (Lipinski definition) is 14. The maximum atomic E-state index is 14.7. The first-order valence-corrected chi connectivity index (χ1v) is 23.7. The van der Waals surface area contributed by atoms with Crippen LogP contribution >= 0.6 is 0 Å². The molecule has 4 amide bonds. The Bertz CT molecular complexity index is 3210. The molecule has 1 aliphatic carbocycles. The Morgan fingerprint density at radius 3 is 2.24 bits per heavy atom. The summed E-state index contributed by atoms with van der Waals surface area (Å²) in [6.07, 6.45) is 12.4. The Morgan fingerprint density at radius 1 is 1.00 bits per heavy atom. The first-order chi connectivity index (χ1) is 33.1. The molecule has 3 N–H and O–H groups in total. The highest BCUT2D eigenvalue weighted by atomic mass is 32.2. The Labute approximate surface area is 400 Å². The number of aromatic amines is 1. The molecule has 1 unspecified atom stereocenters. The summed E-state index contributed by atoms with van der Waals surface area (Å²) < 4.78 is 45.4. The number of nitrogens with one attached hydrogen (secondary N) is 2. The Kier molecular flexibility index (Phi) is 13.9. The fraction of sp³-hybridized carbons (Fsp3) is 0.333. The van der Waals surface area contributed by atoms with Crippen molar-refractivity contribution >= 4 is 68.1 Å². The van der Waals surface area contributed by atoms with E-state index >= 15 is 0 Å². The van der Waals surface area contributed by atoms with Crippen molar-refractivity contribution in [2.24, 2.45) is 23.1 Å². The Morgan fingerprint density at radius 2 is 1.69 bits per heavy atom. The summed E-state index contributed by atoms with van der Waals surface area (Å²) in [5, 5.41) is 18.3. The van der Waals surface area contributed by atoms with E-state index in [9.17, 15) is 46.4 Å². The fourth-order valence-electron chi connectivity index (χ4n) is 8.27. The lowest BCUT2D eigenvalue weighted by atomic mass is 9.89. The highest BCUT2D eigenvalue weighted by Gasteiger charge is 2.44. The van der Waals surface area contributed by atoms with Crippen LogP contribution in [0.25, 0.3) is 0 Å². The molecular formula is C48H47FN8O12S. The quantitative estimate of drug-likeness (QED) is 0.123. The van der Waals surface area contributed by atoms with Gasteiger partial charge < -0.3 is 25.1 Å². The molecule has 0 fully saturated rings. The lowest BCUT2D eigenvalue weighted by Gasteiger charge is -2.29. The van der Waals surface area contributed by atoms with Crippen LogP contribution < -0.4 is 25.4 Å². The SMILES string of the molecule is C#CCN1C(=O)COc2cc(F)c(N3C(=O)C4=C(CCCC4)C3=O)cc21.CC(C)C1(C)N=C(c2ncccc2C(=O)O)NC1=O.Cc1c(C(=O)c2c[nH]n(C)c2=O)ccc(S(C)(=O)=O)c1C1=NOCC1. The van der Waals surface area contributed by atoms with E-state index in [0.717, 1.165) is 30.1 Å². The number of oxime groups is 1. The minimum Gasteiger partial charge on any atom is -0.481 e. The van der Waals surface area contributed by atoms with Crippen LogP contribution in [0.2, 0.25) is 0 Å². The van der Waals surface area contributed by atoms with Gasteiger partial charge in [-0.3, -0.25) is 43.3 Å². The number of hydrogen-bond donors (Lipinski definition) is 3. The van der Waals surface area contributed by atoms with Crippen molar-refractivity contribution in [1.29, 1.82) is 0 Å². The number of carbonyl (C=O) groups excluding carboxylic acids is 5. The number of terminal acetylenes is 1. The van der Waals surface area contributed by atoms with E-state index in [-0.39, 0.29) is 81.1 Å². The summed E-state index contributed by atoms with van der Waals surface area (Å²) in [5.74, 6) is -1.18. The second kappa shape index (κ2) is 19.5. The number of aromatic nitrogens is 3. The van der Waals surface area contributed by atoms with Gasteiger partial charge in [0.25, 0.3) is 29.2 Å². The average molecular weight is 979 g/mol. The van der Waals surface area contributed by atoms with Gasteiger partial charge in [0.2, 0.25) is 0 Å². The topological polar surface area (TPSA) is 269 Å². The number of anilines is 2. The number of rotatable bonds is 9. The van der Waals surface area contributed by atoms with Crippen LogP contribution in [-0.2, 0) is 40.9 Å². The molecule has 4 aliphatic heterocycles. The Hall–Kier alpha value is -8.06. The molecule has 1 atom stereocenters. The molecule has 0 bridgehead atoms. The lowest BCUT2D eigenvalue weighted by Crippen LogP contribution is -2.41. The number of carboxylic acids is 1. The molecule has 4 aromatic rings. The zero-order valence-corrected chi connectivity index (χ0v) is 39.7. The number of fused-ring (bicyclic) bond motifs is 1. The van der Waals surface area contributed by atoms with Crippen molar-refractivity contribution < 1.29 is 56.3 Å². The minimum atomic E-state index is -3.52. The number of amides is 4. The highest BCUT2D eigenvalue weighted by Crippen LogP contribution is 2.42. The normalized spacial score (nSPS) is 18.3. The second-order valence-corrected chi connectivity index (χ2v) is 19.1. The van der Waals surface area contributed by atoms with Gasteiger partial charge in [-0.25, -0.2) is 27.5 Å². The largest absolute Gasteiger partial charge is 0.481 e. The van der Waals surface area contributed by atoms with Crippen molar-refractivity contribution in [3.8, 4) is 18.1 Å². The van der Waals surface area contributed by atoms with Crippen molar-refractivity contribution in [2.75, 3.05) is 35.8 Å². The summed E-state index contributed by atoms with van der Waals surface area (Å²) in [5.41, 5.74) is 1.44. The van der Waals surface area contributed by atoms with Crippen LogP contribution in [0, 0.1) is 31.0 Å². The molecule has 9 rings (SSSR count). The van der Waals surface area contributed by atoms with E-state index < -0.39 is 50.3 Å². The molecule has 6 heterocycles. The Balaban J connectivity index is 0.000000157. The van der Waals surface area contributed by atoms with E-state index in [1.54, 1.807) is 13.8 Å². The maximum Gasteiger partial charge on any atom is 0.338 e. The molecule has 22 heteroatoms. The number of pyridine rings is 1. The van der Waals surface area contributed by atoms with Gasteiger partial charge in [-0.2, -0.15) is 0 Å². The van der Waals surface area contributed by atoms with Gasteiger partial charge in [0.1, 0.15) is 29.2 Å². The summed E-state index contributed by atoms with van der Waals surface area (Å²) >= 11 is 0. The van der Waals surface area contributed by atoms with Gasteiger partial charge in [-0.15, -0.1) is 6.42 Å². The van der Waals surface area contributed by atoms with Gasteiger partial charge >= 0.3 is 5.97 Å². The van der Waals surface area contributed by atoms with Gasteiger partial charge in [0.05, 0.1) is 34.1 Å². The van der Waals surface area contributed by atoms with E-state index in [1.165, 1.54) is 59.4 Å². The molecule has 70 heavy (non-hydrogen) atoms. The monoisotopic (exact) mass is 978 g/mol. The number of aliphatic imine (C=N–C) groups is 1. The van der Waals surface area contributed by atoms with Crippen LogP contribution in [0.4, 0.5) is 15.8 Å². The molecule has 0 saturated carbocycles. The number of carbonyl (C=O) groups is 6. The summed E-state index contributed by atoms with van der Waals surface area (Å²) in [4.78, 5) is 101. The second-order valence-electron chi connectivity index (χ2n) is 17.2. The number of H-pyrrole nitrogens is 1. The van der Waals surface area contributed by atoms with E-state index in [1.807, 2.05) is 13.8 Å². The molecule has 2 aromatic carbocycles. The number of imide groups is 1. The predicted molar refractivity (Wildman–Crippen MR) is 251 cm³/mol. The van der Waals surface area contributed by atoms with Crippen molar-refractivity contribution in [3.63, 3.8) is 0 Å². The number of aromatic carboxylic acids is 1. The van der Waals surface area contributed by atoms with Crippen molar-refractivity contribution in [1.82, 2.24) is 20.1 Å². The maximum absolute atomic E-state index is 14.7. The molecular weight excluding hydrogens is 932 g/mol. The van der Waals surface area contributed by atoms with E-state index in [2.05, 4.69) is 31.5 Å². The molecule has 0 saturated heterocycles. The van der Waals surface area contributed by atoms with Crippen LogP contribution in [0.1, 0.15) is 96.0 Å². The zero-order valence-electron chi connectivity index (χ0n) is 38.8. The third kappa shape index (κ3) is 9.26. The molecule has 20 nitrogen and oxygen atoms in total. The molecule has 364 valence electrons. The number of benzene rings is 2. The number of ketones is 1. The van der Waals surface area contributed by atoms with Gasteiger partial charge in [0, 0.05) is 60.5 Å². The lowest BCUT2D eigenvalue weighted by molar-refractivity contribution is -0.124. The number of ether oxygens (including phenoxy) is 1. The molecule has 0 radical (unpaired) electrons. The summed E-state index contributed by atoms with van der Waals surface area (Å²) in [6, 6.07) is 8.14. The fourth-order valence-corrected chi connectivity index (χ4v) is 9.23. The highest BCUT2D eigenvalue weighted by molar-refractivity contribution is 7.90. The number of amidine groups is 1.